The van der Waals surface area contributed by atoms with Crippen LogP contribution in [-0.2, 0) is 14.4 Å². The van der Waals surface area contributed by atoms with E-state index in [1.54, 1.807) is 28.6 Å². The quantitative estimate of drug-likeness (QED) is 0.658. The minimum Gasteiger partial charge on any atom is -0.416 e. The summed E-state index contributed by atoms with van der Waals surface area (Å²) in [6.07, 6.45) is 1.67. The van der Waals surface area contributed by atoms with E-state index < -0.39 is 19.1 Å². The van der Waals surface area contributed by atoms with Crippen molar-refractivity contribution in [2.45, 2.75) is 63.7 Å². The minimum atomic E-state index is -3.50. The molecule has 2 atom stereocenters. The standard InChI is InChI=1S/C17H28BrNO3SSi/c1-17(2,3)16(22-24(4)5)15-7-6-12-19(15)23(20,21)14-10-8-13(18)9-11-14/h8-11,15-16,24H,6-7,12H2,1-5H3/t15-,16?/m1/s1. The molecular weight excluding hydrogens is 406 g/mol. The summed E-state index contributed by atoms with van der Waals surface area (Å²) in [7, 11) is -4.77. The lowest BCUT2D eigenvalue weighted by atomic mass is 9.84. The van der Waals surface area contributed by atoms with Gasteiger partial charge in [-0.2, -0.15) is 4.31 Å². The van der Waals surface area contributed by atoms with E-state index in [1.807, 2.05) is 0 Å². The molecule has 0 aliphatic carbocycles. The van der Waals surface area contributed by atoms with E-state index in [9.17, 15) is 8.42 Å². The average molecular weight is 434 g/mol. The number of sulfonamides is 1. The zero-order valence-corrected chi connectivity index (χ0v) is 18.7. The highest BCUT2D eigenvalue weighted by Crippen LogP contribution is 2.36. The van der Waals surface area contributed by atoms with Gasteiger partial charge in [0.15, 0.2) is 9.04 Å². The topological polar surface area (TPSA) is 46.6 Å². The summed E-state index contributed by atoms with van der Waals surface area (Å²) in [6, 6.07) is 6.79. The SMILES string of the molecule is C[SiH](C)OC([C@H]1CCCN1S(=O)(=O)c1ccc(Br)cc1)C(C)(C)C. The highest BCUT2D eigenvalue weighted by atomic mass is 79.9. The zero-order valence-electron chi connectivity index (χ0n) is 15.1. The molecule has 1 unspecified atom stereocenters. The van der Waals surface area contributed by atoms with E-state index in [0.29, 0.717) is 11.4 Å². The average Bonchev–Trinajstić information content (AvgIpc) is 2.93. The fourth-order valence-electron chi connectivity index (χ4n) is 3.27. The third kappa shape index (κ3) is 4.49. The highest BCUT2D eigenvalue weighted by Gasteiger charge is 2.44. The summed E-state index contributed by atoms with van der Waals surface area (Å²) in [5, 5.41) is 0. The fourth-order valence-corrected chi connectivity index (χ4v) is 6.41. The normalized spacial score (nSPS) is 21.4. The van der Waals surface area contributed by atoms with E-state index >= 15 is 0 Å². The van der Waals surface area contributed by atoms with Crippen molar-refractivity contribution in [1.82, 2.24) is 4.31 Å². The van der Waals surface area contributed by atoms with Crippen LogP contribution < -0.4 is 0 Å². The van der Waals surface area contributed by atoms with Gasteiger partial charge in [-0.3, -0.25) is 0 Å². The van der Waals surface area contributed by atoms with Crippen LogP contribution in [0.4, 0.5) is 0 Å². The number of hydrogen-bond donors (Lipinski definition) is 0. The van der Waals surface area contributed by atoms with Crippen LogP contribution in [0.3, 0.4) is 0 Å². The Morgan fingerprint density at radius 3 is 2.33 bits per heavy atom. The molecule has 1 saturated heterocycles. The predicted molar refractivity (Wildman–Crippen MR) is 104 cm³/mol. The molecule has 0 radical (unpaired) electrons. The Morgan fingerprint density at radius 2 is 1.83 bits per heavy atom. The van der Waals surface area contributed by atoms with Crippen LogP contribution in [-0.4, -0.2) is 40.5 Å². The van der Waals surface area contributed by atoms with Gasteiger partial charge in [0, 0.05) is 11.0 Å². The lowest BCUT2D eigenvalue weighted by molar-refractivity contribution is 0.0359. The van der Waals surface area contributed by atoms with Gasteiger partial charge in [0.25, 0.3) is 0 Å². The van der Waals surface area contributed by atoms with Crippen molar-refractivity contribution in [1.29, 1.82) is 0 Å². The molecule has 0 spiro atoms. The van der Waals surface area contributed by atoms with E-state index in [0.717, 1.165) is 17.3 Å². The van der Waals surface area contributed by atoms with Crippen LogP contribution in [0.5, 0.6) is 0 Å². The molecule has 0 saturated carbocycles. The van der Waals surface area contributed by atoms with Gasteiger partial charge in [0.2, 0.25) is 10.0 Å². The third-order valence-electron chi connectivity index (χ3n) is 4.29. The molecule has 0 bridgehead atoms. The molecular formula is C17H28BrNO3SSi. The van der Waals surface area contributed by atoms with Crippen molar-refractivity contribution >= 4 is 35.0 Å². The molecule has 1 aliphatic heterocycles. The first kappa shape index (κ1) is 20.1. The molecule has 24 heavy (non-hydrogen) atoms. The van der Waals surface area contributed by atoms with Crippen molar-refractivity contribution in [3.63, 3.8) is 0 Å². The minimum absolute atomic E-state index is 0.0723. The summed E-state index contributed by atoms with van der Waals surface area (Å²) in [4.78, 5) is 0.354. The van der Waals surface area contributed by atoms with Crippen molar-refractivity contribution in [3.8, 4) is 0 Å². The Kier molecular flexibility index (Phi) is 6.35. The number of nitrogens with zero attached hydrogens (tertiary/aromatic N) is 1. The second-order valence-corrected chi connectivity index (χ2v) is 12.9. The number of halogens is 1. The smallest absolute Gasteiger partial charge is 0.243 e. The van der Waals surface area contributed by atoms with E-state index in [-0.39, 0.29) is 17.6 Å². The molecule has 1 aromatic rings. The second kappa shape index (κ2) is 7.58. The summed E-state index contributed by atoms with van der Waals surface area (Å²) in [5.74, 6) is 0. The first-order chi connectivity index (χ1) is 11.0. The Hall–Kier alpha value is -0.213. The van der Waals surface area contributed by atoms with E-state index in [1.165, 1.54) is 0 Å². The molecule has 0 N–H and O–H groups in total. The Labute approximate surface area is 156 Å². The van der Waals surface area contributed by atoms with Gasteiger partial charge in [0.05, 0.1) is 17.0 Å². The van der Waals surface area contributed by atoms with Gasteiger partial charge in [-0.05, 0) is 55.6 Å². The molecule has 136 valence electrons. The number of rotatable bonds is 5. The molecule has 0 amide bonds. The maximum atomic E-state index is 13.1. The lowest BCUT2D eigenvalue weighted by Gasteiger charge is -2.40. The van der Waals surface area contributed by atoms with Crippen molar-refractivity contribution in [3.05, 3.63) is 28.7 Å². The maximum Gasteiger partial charge on any atom is 0.243 e. The van der Waals surface area contributed by atoms with Crippen LogP contribution in [0.25, 0.3) is 0 Å². The number of hydrogen-bond acceptors (Lipinski definition) is 3. The summed E-state index contributed by atoms with van der Waals surface area (Å²) < 4.78 is 35.1. The van der Waals surface area contributed by atoms with Gasteiger partial charge in [0.1, 0.15) is 0 Å². The monoisotopic (exact) mass is 433 g/mol. The summed E-state index contributed by atoms with van der Waals surface area (Å²) in [6.45, 7) is 11.3. The second-order valence-electron chi connectivity index (χ2n) is 7.75. The largest absolute Gasteiger partial charge is 0.416 e. The van der Waals surface area contributed by atoms with Crippen LogP contribution in [0.2, 0.25) is 13.1 Å². The fraction of sp³-hybridized carbons (Fsp3) is 0.647. The van der Waals surface area contributed by atoms with Gasteiger partial charge in [-0.1, -0.05) is 36.7 Å². The van der Waals surface area contributed by atoms with Crippen LogP contribution in [0, 0.1) is 5.41 Å². The van der Waals surface area contributed by atoms with Crippen LogP contribution >= 0.6 is 15.9 Å². The van der Waals surface area contributed by atoms with Crippen LogP contribution in [0.15, 0.2) is 33.6 Å². The molecule has 0 aromatic heterocycles. The van der Waals surface area contributed by atoms with Gasteiger partial charge >= 0.3 is 0 Å². The van der Waals surface area contributed by atoms with Crippen molar-refractivity contribution < 1.29 is 12.8 Å². The van der Waals surface area contributed by atoms with Gasteiger partial charge in [-0.15, -0.1) is 0 Å². The van der Waals surface area contributed by atoms with E-state index in [2.05, 4.69) is 49.8 Å². The molecule has 1 fully saturated rings. The Balaban J connectivity index is 2.36. The first-order valence-corrected chi connectivity index (χ1v) is 13.5. The molecule has 2 rings (SSSR count). The maximum absolute atomic E-state index is 13.1. The summed E-state index contributed by atoms with van der Waals surface area (Å²) >= 11 is 3.36. The third-order valence-corrected chi connectivity index (χ3v) is 7.60. The molecule has 1 aliphatic rings. The highest BCUT2D eigenvalue weighted by molar-refractivity contribution is 9.10. The first-order valence-electron chi connectivity index (χ1n) is 8.46. The Morgan fingerprint density at radius 1 is 1.25 bits per heavy atom. The van der Waals surface area contributed by atoms with E-state index in [4.69, 9.17) is 4.43 Å². The molecule has 1 aromatic carbocycles. The molecule has 7 heteroatoms. The Bertz CT molecular complexity index is 655. The lowest BCUT2D eigenvalue weighted by Crippen LogP contribution is -2.50. The molecule has 1 heterocycles. The predicted octanol–water partition coefficient (Wildman–Crippen LogP) is 4.02. The van der Waals surface area contributed by atoms with Gasteiger partial charge < -0.3 is 4.43 Å². The zero-order chi connectivity index (χ0) is 18.1. The molecule has 4 nitrogen and oxygen atoms in total. The van der Waals surface area contributed by atoms with Gasteiger partial charge in [-0.25, -0.2) is 8.42 Å². The number of benzene rings is 1. The van der Waals surface area contributed by atoms with Crippen molar-refractivity contribution in [2.75, 3.05) is 6.54 Å². The van der Waals surface area contributed by atoms with Crippen LogP contribution in [0.1, 0.15) is 33.6 Å². The van der Waals surface area contributed by atoms with Crippen molar-refractivity contribution in [2.24, 2.45) is 5.41 Å². The summed E-state index contributed by atoms with van der Waals surface area (Å²) in [5.41, 5.74) is -0.0975.